The van der Waals surface area contributed by atoms with Gasteiger partial charge in [-0.2, -0.15) is 4.98 Å². The number of aliphatic carboxylic acids is 1. The van der Waals surface area contributed by atoms with E-state index in [0.29, 0.717) is 31.3 Å². The van der Waals surface area contributed by atoms with Crippen LogP contribution in [0.5, 0.6) is 0 Å². The number of hydrogen-bond donors (Lipinski definition) is 2. The Hall–Kier alpha value is -1.51. The molecule has 1 aromatic rings. The van der Waals surface area contributed by atoms with Crippen LogP contribution < -0.4 is 0 Å². The van der Waals surface area contributed by atoms with Crippen LogP contribution in [0.25, 0.3) is 0 Å². The molecule has 2 rings (SSSR count). The van der Waals surface area contributed by atoms with E-state index in [9.17, 15) is 9.90 Å². The minimum atomic E-state index is -0.896. The van der Waals surface area contributed by atoms with E-state index in [4.69, 9.17) is 9.63 Å². The summed E-state index contributed by atoms with van der Waals surface area (Å²) in [6.07, 6.45) is 2.31. The third-order valence-corrected chi connectivity index (χ3v) is 3.90. The van der Waals surface area contributed by atoms with Crippen molar-refractivity contribution in [1.82, 2.24) is 19.9 Å². The minimum Gasteiger partial charge on any atom is -0.480 e. The van der Waals surface area contributed by atoms with Gasteiger partial charge < -0.3 is 14.7 Å². The molecule has 1 saturated heterocycles. The Morgan fingerprint density at radius 3 is 2.95 bits per heavy atom. The maximum atomic E-state index is 10.8. The minimum absolute atomic E-state index is 0.0844. The summed E-state index contributed by atoms with van der Waals surface area (Å²) in [5, 5.41) is 22.9. The molecule has 0 saturated carbocycles. The van der Waals surface area contributed by atoms with Gasteiger partial charge in [0.15, 0.2) is 5.82 Å². The topological polar surface area (TPSA) is 103 Å². The fraction of sp³-hybridized carbons (Fsp3) is 0.786. The number of carboxylic acids is 1. The molecule has 0 amide bonds. The zero-order valence-electron chi connectivity index (χ0n) is 13.1. The summed E-state index contributed by atoms with van der Waals surface area (Å²) in [5.74, 6) is 0.364. The number of aryl methyl sites for hydroxylation is 1. The normalized spacial score (nSPS) is 22.5. The molecular weight excluding hydrogens is 288 g/mol. The van der Waals surface area contributed by atoms with Crippen LogP contribution in [0.1, 0.15) is 31.5 Å². The zero-order valence-corrected chi connectivity index (χ0v) is 13.1. The molecule has 1 aromatic heterocycles. The quantitative estimate of drug-likeness (QED) is 0.690. The lowest BCUT2D eigenvalue weighted by Crippen LogP contribution is -2.43. The summed E-state index contributed by atoms with van der Waals surface area (Å²) in [6, 6.07) is -0.192. The second kappa shape index (κ2) is 7.66. The molecule has 0 aliphatic carbocycles. The lowest BCUT2D eigenvalue weighted by atomic mass is 10.2. The van der Waals surface area contributed by atoms with Crippen LogP contribution in [0.15, 0.2) is 4.52 Å². The smallest absolute Gasteiger partial charge is 0.317 e. The zero-order chi connectivity index (χ0) is 16.1. The van der Waals surface area contributed by atoms with Crippen molar-refractivity contribution in [2.75, 3.05) is 26.7 Å². The number of nitrogens with zero attached hydrogens (tertiary/aromatic N) is 4. The number of carbonyl (C=O) groups is 1. The van der Waals surface area contributed by atoms with Crippen molar-refractivity contribution in [3.63, 3.8) is 0 Å². The largest absolute Gasteiger partial charge is 0.480 e. The molecule has 8 nitrogen and oxygen atoms in total. The van der Waals surface area contributed by atoms with Gasteiger partial charge >= 0.3 is 5.97 Å². The van der Waals surface area contributed by atoms with E-state index < -0.39 is 12.1 Å². The first-order valence-corrected chi connectivity index (χ1v) is 7.63. The maximum Gasteiger partial charge on any atom is 0.317 e. The number of unbranched alkanes of at least 4 members (excludes halogenated alkanes) is 1. The third-order valence-electron chi connectivity index (χ3n) is 3.90. The van der Waals surface area contributed by atoms with Crippen LogP contribution in [0.4, 0.5) is 0 Å². The van der Waals surface area contributed by atoms with E-state index in [0.717, 1.165) is 19.3 Å². The van der Waals surface area contributed by atoms with Gasteiger partial charge in [0.1, 0.15) is 0 Å². The SMILES string of the molecule is CCCCc1nc(CN2C[C@@H](O)[C@H](N(C)CC(=O)O)C2)no1. The van der Waals surface area contributed by atoms with Crippen molar-refractivity contribution < 1.29 is 19.5 Å². The van der Waals surface area contributed by atoms with E-state index >= 15 is 0 Å². The monoisotopic (exact) mass is 312 g/mol. The number of likely N-dealkylation sites (tertiary alicyclic amines) is 1. The average molecular weight is 312 g/mol. The first-order chi connectivity index (χ1) is 10.5. The Kier molecular flexibility index (Phi) is 5.87. The van der Waals surface area contributed by atoms with Gasteiger partial charge in [0, 0.05) is 25.6 Å². The molecule has 1 aliphatic heterocycles. The lowest BCUT2D eigenvalue weighted by Gasteiger charge is -2.24. The van der Waals surface area contributed by atoms with Crippen molar-refractivity contribution in [3.05, 3.63) is 11.7 Å². The van der Waals surface area contributed by atoms with Crippen molar-refractivity contribution in [2.45, 2.75) is 44.9 Å². The molecule has 2 heterocycles. The van der Waals surface area contributed by atoms with Gasteiger partial charge in [-0.1, -0.05) is 18.5 Å². The Morgan fingerprint density at radius 2 is 2.27 bits per heavy atom. The van der Waals surface area contributed by atoms with Crippen molar-refractivity contribution in [1.29, 1.82) is 0 Å². The van der Waals surface area contributed by atoms with Gasteiger partial charge in [0.05, 0.1) is 19.2 Å². The van der Waals surface area contributed by atoms with Crippen LogP contribution in [-0.4, -0.2) is 75.0 Å². The molecule has 2 atom stereocenters. The summed E-state index contributed by atoms with van der Waals surface area (Å²) in [6.45, 7) is 3.59. The fourth-order valence-corrected chi connectivity index (χ4v) is 2.72. The second-order valence-electron chi connectivity index (χ2n) is 5.85. The van der Waals surface area contributed by atoms with Gasteiger partial charge in [-0.3, -0.25) is 14.6 Å². The number of rotatable bonds is 8. The van der Waals surface area contributed by atoms with E-state index in [1.807, 2.05) is 4.90 Å². The highest BCUT2D eigenvalue weighted by atomic mass is 16.5. The average Bonchev–Trinajstić information content (AvgIpc) is 3.03. The first-order valence-electron chi connectivity index (χ1n) is 7.63. The number of hydrogen-bond acceptors (Lipinski definition) is 7. The predicted molar refractivity (Wildman–Crippen MR) is 78.2 cm³/mol. The summed E-state index contributed by atoms with van der Waals surface area (Å²) in [4.78, 5) is 18.8. The molecule has 22 heavy (non-hydrogen) atoms. The lowest BCUT2D eigenvalue weighted by molar-refractivity contribution is -0.138. The second-order valence-corrected chi connectivity index (χ2v) is 5.85. The fourth-order valence-electron chi connectivity index (χ4n) is 2.72. The number of likely N-dealkylation sites (N-methyl/N-ethyl adjacent to an activating group) is 1. The van der Waals surface area contributed by atoms with Crippen LogP contribution >= 0.6 is 0 Å². The van der Waals surface area contributed by atoms with Crippen LogP contribution in [0.3, 0.4) is 0 Å². The maximum absolute atomic E-state index is 10.8. The van der Waals surface area contributed by atoms with Crippen LogP contribution in [0, 0.1) is 0 Å². The number of aliphatic hydroxyl groups excluding tert-OH is 1. The van der Waals surface area contributed by atoms with Crippen molar-refractivity contribution in [2.24, 2.45) is 0 Å². The van der Waals surface area contributed by atoms with Crippen LogP contribution in [-0.2, 0) is 17.8 Å². The molecular formula is C14H24N4O4. The third kappa shape index (κ3) is 4.49. The molecule has 0 spiro atoms. The van der Waals surface area contributed by atoms with Crippen molar-refractivity contribution >= 4 is 5.97 Å². The highest BCUT2D eigenvalue weighted by Crippen LogP contribution is 2.17. The van der Waals surface area contributed by atoms with E-state index in [2.05, 4.69) is 17.1 Å². The van der Waals surface area contributed by atoms with Gasteiger partial charge in [-0.25, -0.2) is 0 Å². The molecule has 0 bridgehead atoms. The molecule has 2 N–H and O–H groups in total. The highest BCUT2D eigenvalue weighted by Gasteiger charge is 2.35. The van der Waals surface area contributed by atoms with Gasteiger partial charge in [0.2, 0.25) is 5.89 Å². The van der Waals surface area contributed by atoms with Gasteiger partial charge in [-0.15, -0.1) is 0 Å². The van der Waals surface area contributed by atoms with Gasteiger partial charge in [-0.05, 0) is 13.5 Å². The molecule has 0 radical (unpaired) electrons. The Balaban J connectivity index is 1.86. The Bertz CT molecular complexity index is 493. The number of aromatic nitrogens is 2. The van der Waals surface area contributed by atoms with Crippen LogP contribution in [0.2, 0.25) is 0 Å². The molecule has 0 unspecified atom stereocenters. The molecule has 0 aromatic carbocycles. The van der Waals surface area contributed by atoms with Gasteiger partial charge in [0.25, 0.3) is 0 Å². The first kappa shape index (κ1) is 16.9. The molecule has 8 heteroatoms. The summed E-state index contributed by atoms with van der Waals surface area (Å²) >= 11 is 0. The Labute approximate surface area is 129 Å². The summed E-state index contributed by atoms with van der Waals surface area (Å²) in [7, 11) is 1.71. The molecule has 1 aliphatic rings. The molecule has 1 fully saturated rings. The van der Waals surface area contributed by atoms with E-state index in [-0.39, 0.29) is 12.6 Å². The number of aliphatic hydroxyl groups is 1. The predicted octanol–water partition coefficient (Wildman–Crippen LogP) is -0.0263. The Morgan fingerprint density at radius 1 is 1.50 bits per heavy atom. The van der Waals surface area contributed by atoms with E-state index in [1.54, 1.807) is 11.9 Å². The summed E-state index contributed by atoms with van der Waals surface area (Å²) < 4.78 is 5.19. The number of carboxylic acid groups (broad SMARTS) is 1. The molecule has 124 valence electrons. The van der Waals surface area contributed by atoms with E-state index in [1.165, 1.54) is 0 Å². The standard InChI is InChI=1S/C14H24N4O4/c1-3-4-5-13-15-12(16-22-13)8-18-6-10(11(19)7-18)17(2)9-14(20)21/h10-11,19H,3-9H2,1-2H3,(H,20,21)/t10-,11-/m1/s1. The number of β-amino-alcohol motifs (C(OH)–C–C–N with tert-alkyl or cyclic N) is 1. The van der Waals surface area contributed by atoms with Crippen molar-refractivity contribution in [3.8, 4) is 0 Å². The summed E-state index contributed by atoms with van der Waals surface area (Å²) in [5.41, 5.74) is 0. The highest BCUT2D eigenvalue weighted by molar-refractivity contribution is 5.69.